The first-order chi connectivity index (χ1) is 5.88. The highest BCUT2D eigenvalue weighted by Gasteiger charge is 2.04. The fraction of sp³-hybridized carbons (Fsp3) is 0.125. The van der Waals surface area contributed by atoms with E-state index in [0.717, 1.165) is 6.42 Å². The molecule has 2 rings (SSSR count). The summed E-state index contributed by atoms with van der Waals surface area (Å²) in [7, 11) is 0. The summed E-state index contributed by atoms with van der Waals surface area (Å²) in [5.74, 6) is 0.493. The van der Waals surface area contributed by atoms with Crippen LogP contribution in [-0.4, -0.2) is 16.2 Å². The van der Waals surface area contributed by atoms with Gasteiger partial charge in [0.1, 0.15) is 0 Å². The van der Waals surface area contributed by atoms with Gasteiger partial charge in [0.25, 0.3) is 5.56 Å². The molecular weight excluding hydrogens is 154 g/mol. The number of allylic oxidation sites excluding steroid dienone is 1. The molecule has 0 atom stereocenters. The molecule has 0 aromatic carbocycles. The van der Waals surface area contributed by atoms with Crippen LogP contribution in [0.3, 0.4) is 0 Å². The van der Waals surface area contributed by atoms with Crippen LogP contribution in [0.15, 0.2) is 22.2 Å². The van der Waals surface area contributed by atoms with E-state index in [9.17, 15) is 4.79 Å². The molecular formula is C8H7N3O. The monoisotopic (exact) mass is 161 g/mol. The number of hydrogen-bond acceptors (Lipinski definition) is 3. The Hall–Kier alpha value is -1.71. The molecule has 1 N–H and O–H groups in total. The molecule has 4 heteroatoms. The van der Waals surface area contributed by atoms with Crippen LogP contribution in [-0.2, 0) is 0 Å². The molecule has 0 saturated heterocycles. The molecule has 0 radical (unpaired) electrons. The van der Waals surface area contributed by atoms with E-state index < -0.39 is 0 Å². The fourth-order valence-electron chi connectivity index (χ4n) is 1.04. The zero-order valence-electron chi connectivity index (χ0n) is 6.32. The number of fused-ring (bicyclic) bond motifs is 1. The quantitative estimate of drug-likeness (QED) is 0.614. The number of hydrogen-bond donors (Lipinski definition) is 1. The highest BCUT2D eigenvalue weighted by molar-refractivity contribution is 5.73. The van der Waals surface area contributed by atoms with Gasteiger partial charge in [0.15, 0.2) is 5.82 Å². The van der Waals surface area contributed by atoms with Gasteiger partial charge in [0, 0.05) is 12.6 Å². The Morgan fingerprint density at radius 2 is 2.42 bits per heavy atom. The molecule has 2 heterocycles. The maximum Gasteiger partial charge on any atom is 0.260 e. The van der Waals surface area contributed by atoms with E-state index >= 15 is 0 Å². The van der Waals surface area contributed by atoms with Gasteiger partial charge in [0.05, 0.1) is 11.9 Å². The largest absolute Gasteiger partial charge is 0.313 e. The van der Waals surface area contributed by atoms with Crippen LogP contribution in [0.25, 0.3) is 6.08 Å². The van der Waals surface area contributed by atoms with Crippen molar-refractivity contribution in [1.82, 2.24) is 9.97 Å². The van der Waals surface area contributed by atoms with E-state index in [1.165, 1.54) is 6.33 Å². The average Bonchev–Trinajstić information content (AvgIpc) is 2.30. The molecule has 0 spiro atoms. The minimum Gasteiger partial charge on any atom is -0.313 e. The van der Waals surface area contributed by atoms with Crippen molar-refractivity contribution in [3.05, 3.63) is 28.3 Å². The molecule has 0 saturated carbocycles. The molecule has 0 fully saturated rings. The minimum absolute atomic E-state index is 0.143. The standard InChI is InChI=1S/C8H7N3O/c12-8-6-3-1-2-4-9-7(6)10-5-11-8/h1,3-5H,2H2,(H,10,11,12). The van der Waals surface area contributed by atoms with Crippen molar-refractivity contribution < 1.29 is 0 Å². The summed E-state index contributed by atoms with van der Waals surface area (Å²) in [6, 6.07) is 0. The van der Waals surface area contributed by atoms with Gasteiger partial charge in [-0.2, -0.15) is 0 Å². The Morgan fingerprint density at radius 3 is 3.33 bits per heavy atom. The number of aromatic nitrogens is 2. The summed E-state index contributed by atoms with van der Waals surface area (Å²) in [4.78, 5) is 21.7. The molecule has 1 aliphatic rings. The Kier molecular flexibility index (Phi) is 1.59. The van der Waals surface area contributed by atoms with Gasteiger partial charge >= 0.3 is 0 Å². The lowest BCUT2D eigenvalue weighted by atomic mass is 10.3. The van der Waals surface area contributed by atoms with Crippen LogP contribution >= 0.6 is 0 Å². The molecule has 1 aromatic heterocycles. The Morgan fingerprint density at radius 1 is 1.50 bits per heavy atom. The SMILES string of the molecule is O=c1[nH]cnc2c1C=CCC=N2. The maximum absolute atomic E-state index is 11.2. The van der Waals surface area contributed by atoms with Gasteiger partial charge in [-0.25, -0.2) is 9.98 Å². The second kappa shape index (κ2) is 2.73. The summed E-state index contributed by atoms with van der Waals surface area (Å²) in [6.07, 6.45) is 7.46. The smallest absolute Gasteiger partial charge is 0.260 e. The van der Waals surface area contributed by atoms with E-state index in [4.69, 9.17) is 0 Å². The molecule has 0 unspecified atom stereocenters. The van der Waals surface area contributed by atoms with E-state index in [1.54, 1.807) is 12.3 Å². The Labute approximate surface area is 68.7 Å². The molecule has 0 bridgehead atoms. The normalized spacial score (nSPS) is 14.0. The second-order valence-corrected chi connectivity index (χ2v) is 2.42. The average molecular weight is 161 g/mol. The lowest BCUT2D eigenvalue weighted by molar-refractivity contribution is 1.10. The molecule has 1 aromatic rings. The Bertz CT molecular complexity index is 403. The van der Waals surface area contributed by atoms with Crippen LogP contribution in [0.2, 0.25) is 0 Å². The van der Waals surface area contributed by atoms with E-state index in [2.05, 4.69) is 15.0 Å². The van der Waals surface area contributed by atoms with Gasteiger partial charge in [-0.05, 0) is 6.08 Å². The topological polar surface area (TPSA) is 58.1 Å². The third-order valence-corrected chi connectivity index (χ3v) is 1.61. The number of nitrogens with zero attached hydrogens (tertiary/aromatic N) is 2. The first kappa shape index (κ1) is 6.97. The third-order valence-electron chi connectivity index (χ3n) is 1.61. The zero-order valence-corrected chi connectivity index (χ0v) is 6.32. The van der Waals surface area contributed by atoms with Crippen LogP contribution in [0.1, 0.15) is 12.0 Å². The predicted octanol–water partition coefficient (Wildman–Crippen LogP) is 0.889. The van der Waals surface area contributed by atoms with E-state index in [0.29, 0.717) is 11.4 Å². The van der Waals surface area contributed by atoms with E-state index in [-0.39, 0.29) is 5.56 Å². The van der Waals surface area contributed by atoms with Crippen molar-refractivity contribution in [1.29, 1.82) is 0 Å². The minimum atomic E-state index is -0.143. The zero-order chi connectivity index (χ0) is 8.39. The summed E-state index contributed by atoms with van der Waals surface area (Å²) in [5.41, 5.74) is 0.390. The van der Waals surface area contributed by atoms with Gasteiger partial charge < -0.3 is 4.98 Å². The molecule has 4 nitrogen and oxygen atoms in total. The Balaban J connectivity index is 2.73. The van der Waals surface area contributed by atoms with E-state index in [1.807, 2.05) is 6.08 Å². The van der Waals surface area contributed by atoms with Crippen LogP contribution in [0.4, 0.5) is 5.82 Å². The first-order valence-electron chi connectivity index (χ1n) is 3.64. The number of nitrogens with one attached hydrogen (secondary N) is 1. The van der Waals surface area contributed by atoms with Crippen molar-refractivity contribution in [2.45, 2.75) is 6.42 Å². The van der Waals surface area contributed by atoms with Crippen molar-refractivity contribution in [3.63, 3.8) is 0 Å². The number of H-pyrrole nitrogens is 1. The molecule has 0 amide bonds. The molecule has 12 heavy (non-hydrogen) atoms. The number of rotatable bonds is 0. The van der Waals surface area contributed by atoms with Crippen molar-refractivity contribution >= 4 is 18.1 Å². The van der Waals surface area contributed by atoms with Crippen molar-refractivity contribution in [3.8, 4) is 0 Å². The lowest BCUT2D eigenvalue weighted by Crippen LogP contribution is -2.08. The van der Waals surface area contributed by atoms with Gasteiger partial charge in [-0.1, -0.05) is 6.08 Å². The second-order valence-electron chi connectivity index (χ2n) is 2.42. The molecule has 1 aliphatic heterocycles. The summed E-state index contributed by atoms with van der Waals surface area (Å²) < 4.78 is 0. The van der Waals surface area contributed by atoms with Crippen molar-refractivity contribution in [2.75, 3.05) is 0 Å². The summed E-state index contributed by atoms with van der Waals surface area (Å²) in [5, 5.41) is 0. The van der Waals surface area contributed by atoms with Gasteiger partial charge in [-0.3, -0.25) is 4.79 Å². The number of aromatic amines is 1. The first-order valence-corrected chi connectivity index (χ1v) is 3.64. The summed E-state index contributed by atoms with van der Waals surface area (Å²) in [6.45, 7) is 0. The maximum atomic E-state index is 11.2. The van der Waals surface area contributed by atoms with Gasteiger partial charge in [-0.15, -0.1) is 0 Å². The molecule has 60 valence electrons. The lowest BCUT2D eigenvalue weighted by Gasteiger charge is -1.93. The highest BCUT2D eigenvalue weighted by Crippen LogP contribution is 2.14. The van der Waals surface area contributed by atoms with Crippen molar-refractivity contribution in [2.24, 2.45) is 4.99 Å². The highest BCUT2D eigenvalue weighted by atomic mass is 16.1. The summed E-state index contributed by atoms with van der Waals surface area (Å²) >= 11 is 0. The predicted molar refractivity (Wildman–Crippen MR) is 46.7 cm³/mol. The third kappa shape index (κ3) is 1.07. The van der Waals surface area contributed by atoms with Gasteiger partial charge in [0.2, 0.25) is 0 Å². The fourth-order valence-corrected chi connectivity index (χ4v) is 1.04. The number of aliphatic imine (C=N–C) groups is 1. The van der Waals surface area contributed by atoms with Crippen LogP contribution < -0.4 is 5.56 Å². The van der Waals surface area contributed by atoms with Crippen LogP contribution in [0.5, 0.6) is 0 Å². The van der Waals surface area contributed by atoms with Crippen LogP contribution in [0, 0.1) is 0 Å². The molecule has 0 aliphatic carbocycles.